The Bertz CT molecular complexity index is 1140. The normalized spacial score (nSPS) is 14.0. The molecule has 0 radical (unpaired) electrons. The fraction of sp³-hybridized carbons (Fsp3) is 0.300. The molecule has 1 aliphatic heterocycles. The standard InChI is InChI=1S/C20H18F3N5O3/c1-31-20(30)26-13-8-27(9-13)18(29)10-28-17-5-12(6-24-16(17)7-25-28)11-2-3-15(21)14(4-11)19(22)23/h2-7,13,19H,8-10H2,1H3,(H,26,30). The van der Waals surface area contributed by atoms with Crippen molar-refractivity contribution in [2.24, 2.45) is 0 Å². The first-order valence-electron chi connectivity index (χ1n) is 9.37. The van der Waals surface area contributed by atoms with Crippen molar-refractivity contribution >= 4 is 23.0 Å². The van der Waals surface area contributed by atoms with Gasteiger partial charge in [0.15, 0.2) is 0 Å². The molecule has 0 spiro atoms. The summed E-state index contributed by atoms with van der Waals surface area (Å²) in [6.07, 6.45) is -0.505. The quantitative estimate of drug-likeness (QED) is 0.669. The van der Waals surface area contributed by atoms with Crippen LogP contribution in [0.3, 0.4) is 0 Å². The molecule has 3 aromatic rings. The topological polar surface area (TPSA) is 89.4 Å². The molecule has 162 valence electrons. The molecule has 0 bridgehead atoms. The minimum Gasteiger partial charge on any atom is -0.453 e. The fourth-order valence-electron chi connectivity index (χ4n) is 3.36. The second kappa shape index (κ2) is 8.25. The minimum absolute atomic E-state index is 0.0503. The first-order chi connectivity index (χ1) is 14.9. The number of carbonyl (C=O) groups excluding carboxylic acids is 2. The predicted molar refractivity (Wildman–Crippen MR) is 104 cm³/mol. The lowest BCUT2D eigenvalue weighted by Crippen LogP contribution is -2.61. The lowest BCUT2D eigenvalue weighted by atomic mass is 10.0. The Hall–Kier alpha value is -3.63. The summed E-state index contributed by atoms with van der Waals surface area (Å²) in [5.74, 6) is -1.17. The van der Waals surface area contributed by atoms with Gasteiger partial charge < -0.3 is 15.0 Å². The number of nitrogens with one attached hydrogen (secondary N) is 1. The Balaban J connectivity index is 1.51. The van der Waals surface area contributed by atoms with Crippen LogP contribution in [0.15, 0.2) is 36.7 Å². The maximum atomic E-state index is 13.6. The Morgan fingerprint density at radius 2 is 2.00 bits per heavy atom. The van der Waals surface area contributed by atoms with Crippen LogP contribution >= 0.6 is 0 Å². The van der Waals surface area contributed by atoms with Crippen LogP contribution in [0.25, 0.3) is 22.2 Å². The van der Waals surface area contributed by atoms with Gasteiger partial charge in [0.05, 0.1) is 30.4 Å². The third-order valence-corrected chi connectivity index (χ3v) is 5.09. The van der Waals surface area contributed by atoms with E-state index < -0.39 is 23.9 Å². The van der Waals surface area contributed by atoms with Crippen LogP contribution in [0, 0.1) is 5.82 Å². The number of hydrogen-bond acceptors (Lipinski definition) is 5. The molecule has 1 fully saturated rings. The number of amides is 2. The number of likely N-dealkylation sites (tertiary alicyclic amines) is 1. The highest BCUT2D eigenvalue weighted by atomic mass is 19.3. The third-order valence-electron chi connectivity index (χ3n) is 5.09. The molecule has 11 heteroatoms. The Morgan fingerprint density at radius 3 is 2.71 bits per heavy atom. The monoisotopic (exact) mass is 433 g/mol. The van der Waals surface area contributed by atoms with Crippen molar-refractivity contribution < 1.29 is 27.5 Å². The summed E-state index contributed by atoms with van der Waals surface area (Å²) >= 11 is 0. The molecule has 8 nitrogen and oxygen atoms in total. The summed E-state index contributed by atoms with van der Waals surface area (Å²) in [5.41, 5.74) is 1.26. The number of aromatic nitrogens is 3. The number of benzene rings is 1. The van der Waals surface area contributed by atoms with E-state index >= 15 is 0 Å². The highest BCUT2D eigenvalue weighted by molar-refractivity contribution is 5.83. The molecule has 1 aliphatic rings. The number of hydrogen-bond donors (Lipinski definition) is 1. The summed E-state index contributed by atoms with van der Waals surface area (Å²) in [6, 6.07) is 4.97. The lowest BCUT2D eigenvalue weighted by Gasteiger charge is -2.39. The average molecular weight is 433 g/mol. The van der Waals surface area contributed by atoms with Crippen LogP contribution in [0.4, 0.5) is 18.0 Å². The summed E-state index contributed by atoms with van der Waals surface area (Å²) in [5, 5.41) is 6.80. The number of pyridine rings is 1. The van der Waals surface area contributed by atoms with Crippen LogP contribution in [-0.4, -0.2) is 57.9 Å². The number of halogens is 3. The van der Waals surface area contributed by atoms with Gasteiger partial charge in [0.1, 0.15) is 17.9 Å². The van der Waals surface area contributed by atoms with Crippen LogP contribution in [0.1, 0.15) is 12.0 Å². The fourth-order valence-corrected chi connectivity index (χ4v) is 3.36. The van der Waals surface area contributed by atoms with E-state index in [-0.39, 0.29) is 18.5 Å². The van der Waals surface area contributed by atoms with E-state index in [4.69, 9.17) is 0 Å². The van der Waals surface area contributed by atoms with Gasteiger partial charge in [-0.25, -0.2) is 18.0 Å². The Labute approximate surface area is 174 Å². The van der Waals surface area contributed by atoms with E-state index in [0.717, 1.165) is 12.1 Å². The molecule has 2 amide bonds. The molecule has 1 saturated heterocycles. The Morgan fingerprint density at radius 1 is 1.23 bits per heavy atom. The average Bonchev–Trinajstić information content (AvgIpc) is 3.12. The summed E-state index contributed by atoms with van der Waals surface area (Å²) in [7, 11) is 1.27. The second-order valence-electron chi connectivity index (χ2n) is 7.10. The van der Waals surface area contributed by atoms with Gasteiger partial charge in [-0.3, -0.25) is 14.5 Å². The molecular weight excluding hydrogens is 415 g/mol. The summed E-state index contributed by atoms with van der Waals surface area (Å²) < 4.78 is 45.6. The molecule has 4 rings (SSSR count). The number of alkyl halides is 2. The van der Waals surface area contributed by atoms with E-state index in [0.29, 0.717) is 35.2 Å². The first-order valence-corrected chi connectivity index (χ1v) is 9.37. The van der Waals surface area contributed by atoms with Crippen LogP contribution in [-0.2, 0) is 16.1 Å². The number of rotatable bonds is 5. The zero-order chi connectivity index (χ0) is 22.1. The van der Waals surface area contributed by atoms with E-state index in [2.05, 4.69) is 20.1 Å². The van der Waals surface area contributed by atoms with Crippen molar-refractivity contribution in [3.05, 3.63) is 48.0 Å². The zero-order valence-electron chi connectivity index (χ0n) is 16.4. The molecule has 1 aromatic carbocycles. The van der Waals surface area contributed by atoms with Gasteiger partial charge in [-0.1, -0.05) is 6.07 Å². The molecule has 3 heterocycles. The molecular formula is C20H18F3N5O3. The molecule has 1 N–H and O–H groups in total. The zero-order valence-corrected chi connectivity index (χ0v) is 16.4. The lowest BCUT2D eigenvalue weighted by molar-refractivity contribution is -0.136. The predicted octanol–water partition coefficient (Wildman–Crippen LogP) is 2.74. The van der Waals surface area contributed by atoms with Crippen LogP contribution < -0.4 is 5.32 Å². The van der Waals surface area contributed by atoms with Crippen molar-refractivity contribution in [1.29, 1.82) is 0 Å². The van der Waals surface area contributed by atoms with Crippen molar-refractivity contribution in [3.63, 3.8) is 0 Å². The molecule has 31 heavy (non-hydrogen) atoms. The van der Waals surface area contributed by atoms with Crippen molar-refractivity contribution in [2.75, 3.05) is 20.2 Å². The van der Waals surface area contributed by atoms with Crippen molar-refractivity contribution in [2.45, 2.75) is 19.0 Å². The van der Waals surface area contributed by atoms with Crippen LogP contribution in [0.5, 0.6) is 0 Å². The van der Waals surface area contributed by atoms with Gasteiger partial charge in [-0.2, -0.15) is 5.10 Å². The molecule has 0 atom stereocenters. The SMILES string of the molecule is COC(=O)NC1CN(C(=O)Cn2ncc3ncc(-c4ccc(F)c(C(F)F)c4)cc32)C1. The highest BCUT2D eigenvalue weighted by Gasteiger charge is 2.32. The number of alkyl carbamates (subject to hydrolysis) is 1. The maximum absolute atomic E-state index is 13.6. The van der Waals surface area contributed by atoms with Gasteiger partial charge in [-0.05, 0) is 23.8 Å². The number of ether oxygens (including phenoxy) is 1. The van der Waals surface area contributed by atoms with Gasteiger partial charge in [0, 0.05) is 24.8 Å². The van der Waals surface area contributed by atoms with E-state index in [1.54, 1.807) is 11.0 Å². The smallest absolute Gasteiger partial charge is 0.407 e. The minimum atomic E-state index is -2.94. The van der Waals surface area contributed by atoms with Crippen LogP contribution in [0.2, 0.25) is 0 Å². The number of carbonyl (C=O) groups is 2. The van der Waals surface area contributed by atoms with E-state index in [9.17, 15) is 22.8 Å². The van der Waals surface area contributed by atoms with Gasteiger partial charge >= 0.3 is 6.09 Å². The third kappa shape index (κ3) is 4.16. The molecule has 2 aromatic heterocycles. The van der Waals surface area contributed by atoms with Gasteiger partial charge in [-0.15, -0.1) is 0 Å². The largest absolute Gasteiger partial charge is 0.453 e. The molecule has 0 unspecified atom stereocenters. The van der Waals surface area contributed by atoms with E-state index in [1.807, 2.05) is 0 Å². The Kier molecular flexibility index (Phi) is 5.49. The second-order valence-corrected chi connectivity index (χ2v) is 7.10. The van der Waals surface area contributed by atoms with Crippen molar-refractivity contribution in [1.82, 2.24) is 25.0 Å². The van der Waals surface area contributed by atoms with Gasteiger partial charge in [0.25, 0.3) is 6.43 Å². The highest BCUT2D eigenvalue weighted by Crippen LogP contribution is 2.29. The van der Waals surface area contributed by atoms with Crippen molar-refractivity contribution in [3.8, 4) is 11.1 Å². The summed E-state index contributed by atoms with van der Waals surface area (Å²) in [4.78, 5) is 29.6. The first kappa shape index (κ1) is 20.6. The van der Waals surface area contributed by atoms with Gasteiger partial charge in [0.2, 0.25) is 5.91 Å². The molecule has 0 saturated carbocycles. The number of nitrogens with zero attached hydrogens (tertiary/aromatic N) is 4. The molecule has 0 aliphatic carbocycles. The maximum Gasteiger partial charge on any atom is 0.407 e. The number of methoxy groups -OCH3 is 1. The summed E-state index contributed by atoms with van der Waals surface area (Å²) in [6.45, 7) is 0.677. The van der Waals surface area contributed by atoms with E-state index in [1.165, 1.54) is 30.3 Å². The number of fused-ring (bicyclic) bond motifs is 1.